The highest BCUT2D eigenvalue weighted by molar-refractivity contribution is 7.66. The maximum Gasteiger partial charge on any atom is 0.490 e. The molecule has 19 nitrogen and oxygen atoms in total. The summed E-state index contributed by atoms with van der Waals surface area (Å²) >= 11 is 0. The van der Waals surface area contributed by atoms with E-state index in [-0.39, 0.29) is 29.4 Å². The molecule has 9 N–H and O–H groups in total. The van der Waals surface area contributed by atoms with Crippen molar-refractivity contribution in [3.63, 3.8) is 0 Å². The summed E-state index contributed by atoms with van der Waals surface area (Å²) in [6.07, 6.45) is -6.17. The molecule has 192 valence electrons. The van der Waals surface area contributed by atoms with Crippen molar-refractivity contribution in [1.29, 1.82) is 0 Å². The molecule has 0 bridgehead atoms. The minimum atomic E-state index is -5.74. The molecule has 34 heavy (non-hydrogen) atoms. The molecular formula is C12H20N5O14P3. The quantitative estimate of drug-likeness (QED) is 0.160. The van der Waals surface area contributed by atoms with Crippen LogP contribution in [0.1, 0.15) is 19.0 Å². The van der Waals surface area contributed by atoms with Gasteiger partial charge in [0.05, 0.1) is 6.61 Å². The number of aliphatic hydroxyl groups excluding tert-OH is 2. The Hall–Kier alpha value is -1.56. The van der Waals surface area contributed by atoms with Gasteiger partial charge < -0.3 is 40.3 Å². The maximum atomic E-state index is 12.1. The molecule has 0 amide bonds. The monoisotopic (exact) mass is 551 g/mol. The van der Waals surface area contributed by atoms with Crippen molar-refractivity contribution in [3.8, 4) is 0 Å². The fraction of sp³-hybridized carbons (Fsp3) is 0.583. The lowest BCUT2D eigenvalue weighted by molar-refractivity contribution is -0.0514. The van der Waals surface area contributed by atoms with E-state index in [1.54, 1.807) is 6.92 Å². The minimum absolute atomic E-state index is 0.0807. The first-order valence-corrected chi connectivity index (χ1v) is 13.6. The van der Waals surface area contributed by atoms with Crippen LogP contribution in [0.4, 0.5) is 5.95 Å². The summed E-state index contributed by atoms with van der Waals surface area (Å²) in [7, 11) is -16.8. The number of nitrogens with two attached hydrogens (primary N) is 1. The van der Waals surface area contributed by atoms with Crippen LogP contribution in [0.3, 0.4) is 0 Å². The highest BCUT2D eigenvalue weighted by Crippen LogP contribution is 2.66. The Bertz CT molecular complexity index is 1270. The highest BCUT2D eigenvalue weighted by atomic mass is 31.3. The zero-order valence-electron chi connectivity index (χ0n) is 16.9. The highest BCUT2D eigenvalue weighted by Gasteiger charge is 2.47. The van der Waals surface area contributed by atoms with E-state index in [1.165, 1.54) is 4.57 Å². The van der Waals surface area contributed by atoms with Crippen LogP contribution in [0.15, 0.2) is 4.79 Å². The first-order valence-electron chi connectivity index (χ1n) is 9.10. The van der Waals surface area contributed by atoms with Crippen LogP contribution in [0.25, 0.3) is 11.2 Å². The Morgan fingerprint density at radius 2 is 1.74 bits per heavy atom. The van der Waals surface area contributed by atoms with Gasteiger partial charge in [0.2, 0.25) is 5.95 Å². The first-order chi connectivity index (χ1) is 15.5. The van der Waals surface area contributed by atoms with Crippen molar-refractivity contribution in [1.82, 2.24) is 19.5 Å². The molecule has 22 heteroatoms. The normalized spacial score (nSPS) is 27.0. The Morgan fingerprint density at radius 1 is 1.09 bits per heavy atom. The average Bonchev–Trinajstić information content (AvgIpc) is 3.15. The Kier molecular flexibility index (Phi) is 7.54. The van der Waals surface area contributed by atoms with Gasteiger partial charge in [0.25, 0.3) is 5.56 Å². The van der Waals surface area contributed by atoms with E-state index in [4.69, 9.17) is 20.3 Å². The van der Waals surface area contributed by atoms with Crippen molar-refractivity contribution < 1.29 is 61.4 Å². The van der Waals surface area contributed by atoms with E-state index in [0.29, 0.717) is 0 Å². The third kappa shape index (κ3) is 5.98. The molecular weight excluding hydrogens is 531 g/mol. The molecule has 3 heterocycles. The van der Waals surface area contributed by atoms with Crippen LogP contribution in [-0.4, -0.2) is 74.2 Å². The van der Waals surface area contributed by atoms with Crippen LogP contribution < -0.4 is 11.3 Å². The lowest BCUT2D eigenvalue weighted by Crippen LogP contribution is -2.34. The van der Waals surface area contributed by atoms with Gasteiger partial charge in [-0.05, 0) is 0 Å². The predicted octanol–water partition coefficient (Wildman–Crippen LogP) is -1.77. The molecule has 2 aromatic rings. The molecule has 0 saturated carbocycles. The summed E-state index contributed by atoms with van der Waals surface area (Å²) in [4.78, 5) is 58.2. The third-order valence-corrected chi connectivity index (χ3v) is 8.17. The molecule has 3 rings (SSSR count). The minimum Gasteiger partial charge on any atom is -0.387 e. The summed E-state index contributed by atoms with van der Waals surface area (Å²) in [5.41, 5.74) is 4.68. The van der Waals surface area contributed by atoms with Gasteiger partial charge in [-0.3, -0.25) is 18.9 Å². The number of phosphoric acid groups is 3. The zero-order valence-corrected chi connectivity index (χ0v) is 19.6. The number of H-pyrrole nitrogens is 1. The number of hydrogen-bond donors (Lipinski definition) is 8. The van der Waals surface area contributed by atoms with Gasteiger partial charge in [0.15, 0.2) is 17.4 Å². The fourth-order valence-electron chi connectivity index (χ4n) is 3.11. The van der Waals surface area contributed by atoms with Crippen LogP contribution >= 0.6 is 23.5 Å². The van der Waals surface area contributed by atoms with Gasteiger partial charge in [0.1, 0.15) is 24.1 Å². The average molecular weight is 551 g/mol. The number of aryl methyl sites for hydroxylation is 1. The number of aromatic nitrogens is 4. The summed E-state index contributed by atoms with van der Waals surface area (Å²) in [5, 5.41) is 20.8. The number of nitrogen functional groups attached to an aromatic ring is 1. The third-order valence-electron chi connectivity index (χ3n) is 4.37. The number of anilines is 1. The van der Waals surface area contributed by atoms with Crippen molar-refractivity contribution in [3.05, 3.63) is 16.2 Å². The number of rotatable bonds is 9. The van der Waals surface area contributed by atoms with E-state index in [2.05, 4.69) is 28.1 Å². The lowest BCUT2D eigenvalue weighted by atomic mass is 10.1. The molecule has 1 fully saturated rings. The van der Waals surface area contributed by atoms with Crippen molar-refractivity contribution >= 4 is 40.6 Å². The van der Waals surface area contributed by atoms with Gasteiger partial charge in [-0.2, -0.15) is 13.6 Å². The number of phosphoric ester groups is 1. The second-order valence-electron chi connectivity index (χ2n) is 6.81. The second kappa shape index (κ2) is 9.48. The Balaban J connectivity index is 1.80. The van der Waals surface area contributed by atoms with Gasteiger partial charge >= 0.3 is 23.5 Å². The smallest absolute Gasteiger partial charge is 0.387 e. The van der Waals surface area contributed by atoms with Crippen molar-refractivity contribution in [2.45, 2.75) is 37.9 Å². The number of ether oxygens (including phenoxy) is 1. The van der Waals surface area contributed by atoms with E-state index in [9.17, 15) is 38.5 Å². The summed E-state index contributed by atoms with van der Waals surface area (Å²) < 4.78 is 52.2. The molecule has 0 aliphatic carbocycles. The number of nitrogens with zero attached hydrogens (tertiary/aromatic N) is 3. The van der Waals surface area contributed by atoms with Gasteiger partial charge in [0, 0.05) is 6.42 Å². The second-order valence-corrected chi connectivity index (χ2v) is 11.2. The van der Waals surface area contributed by atoms with Gasteiger partial charge in [-0.15, -0.1) is 0 Å². The number of imidazole rings is 1. The summed E-state index contributed by atoms with van der Waals surface area (Å²) in [6, 6.07) is 0. The number of fused-ring (bicyclic) bond motifs is 1. The number of aliphatic hydroxyl groups is 2. The summed E-state index contributed by atoms with van der Waals surface area (Å²) in [5.74, 6) is -0.0538. The predicted molar refractivity (Wildman–Crippen MR) is 108 cm³/mol. The largest absolute Gasteiger partial charge is 0.490 e. The molecule has 0 aromatic carbocycles. The van der Waals surface area contributed by atoms with Crippen molar-refractivity contribution in [2.24, 2.45) is 0 Å². The molecule has 1 aliphatic rings. The van der Waals surface area contributed by atoms with Crippen LogP contribution in [0.5, 0.6) is 0 Å². The Morgan fingerprint density at radius 3 is 2.32 bits per heavy atom. The van der Waals surface area contributed by atoms with Gasteiger partial charge in [-0.1, -0.05) is 6.92 Å². The lowest BCUT2D eigenvalue weighted by Gasteiger charge is -2.19. The molecule has 2 unspecified atom stereocenters. The van der Waals surface area contributed by atoms with E-state index in [0.717, 1.165) is 0 Å². The Labute approximate surface area is 188 Å². The first kappa shape index (κ1) is 27.0. The van der Waals surface area contributed by atoms with Crippen LogP contribution in [-0.2, 0) is 38.0 Å². The molecule has 0 radical (unpaired) electrons. The standard InChI is InChI=1S/C12H20N5O14P3/c1-2-5-14-6-9(15-12(13)16-10(6)20)17(5)11-8(19)7(18)4(29-11)3-28-33(24,25)31-34(26,27)30-32(21,22)23/h4,7-8,11,18-19H,2-3H2,1H3,(H,24,25)(H,26,27)(H2,21,22,23)(H3,13,15,16,20)/t4-,7-,8-,11-/m1/s1. The van der Waals surface area contributed by atoms with E-state index >= 15 is 0 Å². The van der Waals surface area contributed by atoms with Gasteiger partial charge in [-0.25, -0.2) is 18.7 Å². The van der Waals surface area contributed by atoms with Crippen LogP contribution in [0.2, 0.25) is 0 Å². The topological polar surface area (TPSA) is 299 Å². The molecule has 2 aromatic heterocycles. The van der Waals surface area contributed by atoms with E-state index in [1.807, 2.05) is 0 Å². The maximum absolute atomic E-state index is 12.1. The molecule has 1 aliphatic heterocycles. The van der Waals surface area contributed by atoms with Crippen LogP contribution in [0, 0.1) is 0 Å². The summed E-state index contributed by atoms with van der Waals surface area (Å²) in [6.45, 7) is 0.655. The fourth-order valence-corrected chi connectivity index (χ4v) is 6.14. The van der Waals surface area contributed by atoms with Crippen molar-refractivity contribution in [2.75, 3.05) is 12.3 Å². The number of aromatic amines is 1. The molecule has 6 atom stereocenters. The SMILES string of the molecule is CCc1nc2c(=O)[nH]c(N)nc2n1[C@@H]1O[C@H](COP(=O)(O)OP(=O)(O)OP(=O)(O)O)[C@@H](O)[C@H]1O. The van der Waals surface area contributed by atoms with E-state index < -0.39 is 60.2 Å². The number of hydrogen-bond acceptors (Lipinski definition) is 13. The zero-order chi connectivity index (χ0) is 25.6. The number of nitrogens with one attached hydrogen (secondary N) is 1. The molecule has 1 saturated heterocycles. The molecule has 0 spiro atoms.